The smallest absolute Gasteiger partial charge is 0.166 e. The molecule has 0 radical (unpaired) electrons. The van der Waals surface area contributed by atoms with E-state index in [9.17, 15) is 4.79 Å². The highest BCUT2D eigenvalue weighted by atomic mass is 35.5. The van der Waals surface area contributed by atoms with E-state index in [1.165, 1.54) is 0 Å². The van der Waals surface area contributed by atoms with Crippen LogP contribution in [0.2, 0.25) is 5.02 Å². The lowest BCUT2D eigenvalue weighted by Gasteiger charge is -2.25. The first-order chi connectivity index (χ1) is 11.0. The second-order valence-electron chi connectivity index (χ2n) is 6.75. The molecular formula is C19H23ClN2O. The number of halogens is 1. The highest BCUT2D eigenvalue weighted by Crippen LogP contribution is 2.34. The van der Waals surface area contributed by atoms with Crippen molar-refractivity contribution in [3.05, 3.63) is 46.2 Å². The lowest BCUT2D eigenvalue weighted by molar-refractivity contribution is 0.0931. The van der Waals surface area contributed by atoms with Crippen LogP contribution in [0.25, 0.3) is 5.69 Å². The number of nitrogens with zero attached hydrogens (tertiary/aromatic N) is 2. The number of ketones is 1. The van der Waals surface area contributed by atoms with E-state index in [0.717, 1.165) is 41.9 Å². The molecule has 1 heterocycles. The van der Waals surface area contributed by atoms with E-state index < -0.39 is 0 Å². The van der Waals surface area contributed by atoms with Crippen molar-refractivity contribution in [2.45, 2.75) is 46.5 Å². The summed E-state index contributed by atoms with van der Waals surface area (Å²) in [6.45, 7) is 6.50. The summed E-state index contributed by atoms with van der Waals surface area (Å²) in [5.41, 5.74) is 3.80. The number of benzene rings is 1. The molecule has 0 aliphatic heterocycles. The molecule has 0 saturated carbocycles. The van der Waals surface area contributed by atoms with Crippen LogP contribution in [0.5, 0.6) is 0 Å². The van der Waals surface area contributed by atoms with Gasteiger partial charge in [0.25, 0.3) is 0 Å². The summed E-state index contributed by atoms with van der Waals surface area (Å²) in [5.74, 6) is 1.13. The third kappa shape index (κ3) is 3.07. The molecule has 0 spiro atoms. The third-order valence-electron chi connectivity index (χ3n) is 4.72. The molecule has 4 heteroatoms. The van der Waals surface area contributed by atoms with Crippen molar-refractivity contribution in [1.29, 1.82) is 0 Å². The Kier molecular flexibility index (Phi) is 4.58. The molecule has 0 fully saturated rings. The highest BCUT2D eigenvalue weighted by molar-refractivity contribution is 6.30. The van der Waals surface area contributed by atoms with Crippen molar-refractivity contribution >= 4 is 17.4 Å². The van der Waals surface area contributed by atoms with Crippen molar-refractivity contribution in [2.75, 3.05) is 0 Å². The highest BCUT2D eigenvalue weighted by Gasteiger charge is 2.33. The predicted octanol–water partition coefficient (Wildman–Crippen LogP) is 4.88. The molecule has 0 bridgehead atoms. The van der Waals surface area contributed by atoms with Gasteiger partial charge in [-0.25, -0.2) is 4.68 Å². The van der Waals surface area contributed by atoms with Gasteiger partial charge in [0.15, 0.2) is 5.78 Å². The maximum absolute atomic E-state index is 12.7. The van der Waals surface area contributed by atoms with E-state index in [1.54, 1.807) is 0 Å². The number of fused-ring (bicyclic) bond motifs is 1. The fraction of sp³-hybridized carbons (Fsp3) is 0.474. The number of aryl methyl sites for hydroxylation is 1. The topological polar surface area (TPSA) is 34.9 Å². The number of Topliss-reactive ketones (excluding diaryl/α,β-unsaturated/α-hetero) is 1. The van der Waals surface area contributed by atoms with Gasteiger partial charge in [-0.05, 0) is 42.9 Å². The largest absolute Gasteiger partial charge is 0.294 e. The number of hydrogen-bond acceptors (Lipinski definition) is 2. The van der Waals surface area contributed by atoms with Crippen molar-refractivity contribution in [3.63, 3.8) is 0 Å². The Labute approximate surface area is 142 Å². The molecule has 1 atom stereocenters. The molecular weight excluding hydrogens is 308 g/mol. The Morgan fingerprint density at radius 3 is 2.78 bits per heavy atom. The number of hydrogen-bond donors (Lipinski definition) is 0. The second kappa shape index (κ2) is 6.48. The van der Waals surface area contributed by atoms with Crippen molar-refractivity contribution in [3.8, 4) is 5.69 Å². The first-order valence-electron chi connectivity index (χ1n) is 8.41. The lowest BCUT2D eigenvalue weighted by atomic mass is 9.79. The summed E-state index contributed by atoms with van der Waals surface area (Å²) in [7, 11) is 0. The molecule has 1 aliphatic carbocycles. The molecule has 0 N–H and O–H groups in total. The van der Waals surface area contributed by atoms with Crippen molar-refractivity contribution in [2.24, 2.45) is 11.8 Å². The SMILES string of the molecule is CCCc1nn(-c2cccc(Cl)c2)c2c1C(=O)CC(C(C)C)C2. The summed E-state index contributed by atoms with van der Waals surface area (Å²) in [6.07, 6.45) is 3.37. The van der Waals surface area contributed by atoms with Gasteiger partial charge in [0.05, 0.1) is 22.6 Å². The third-order valence-corrected chi connectivity index (χ3v) is 4.95. The quantitative estimate of drug-likeness (QED) is 0.800. The molecule has 1 aliphatic rings. The predicted molar refractivity (Wildman–Crippen MR) is 93.5 cm³/mol. The van der Waals surface area contributed by atoms with E-state index in [1.807, 2.05) is 28.9 Å². The molecule has 3 nitrogen and oxygen atoms in total. The van der Waals surface area contributed by atoms with Crippen LogP contribution in [-0.4, -0.2) is 15.6 Å². The van der Waals surface area contributed by atoms with Crippen LogP contribution in [0.15, 0.2) is 24.3 Å². The minimum Gasteiger partial charge on any atom is -0.294 e. The Morgan fingerprint density at radius 2 is 2.13 bits per heavy atom. The first-order valence-corrected chi connectivity index (χ1v) is 8.79. The van der Waals surface area contributed by atoms with Gasteiger partial charge in [-0.2, -0.15) is 5.10 Å². The van der Waals surface area contributed by atoms with Gasteiger partial charge in [0, 0.05) is 11.4 Å². The van der Waals surface area contributed by atoms with Crippen LogP contribution in [-0.2, 0) is 12.8 Å². The summed E-state index contributed by atoms with van der Waals surface area (Å²) in [6, 6.07) is 7.69. The van der Waals surface area contributed by atoms with Gasteiger partial charge in [0.2, 0.25) is 0 Å². The normalized spacial score (nSPS) is 17.6. The maximum atomic E-state index is 12.7. The van der Waals surface area contributed by atoms with Crippen molar-refractivity contribution < 1.29 is 4.79 Å². The van der Waals surface area contributed by atoms with Gasteiger partial charge in [0.1, 0.15) is 0 Å². The van der Waals surface area contributed by atoms with Crippen LogP contribution >= 0.6 is 11.6 Å². The Morgan fingerprint density at radius 1 is 1.35 bits per heavy atom. The summed E-state index contributed by atoms with van der Waals surface area (Å²) in [4.78, 5) is 12.7. The van der Waals surface area contributed by atoms with E-state index in [2.05, 4.69) is 20.8 Å². The molecule has 122 valence electrons. The second-order valence-corrected chi connectivity index (χ2v) is 7.18. The Balaban J connectivity index is 2.14. The van der Waals surface area contributed by atoms with Gasteiger partial charge in [-0.15, -0.1) is 0 Å². The Hall–Kier alpha value is -1.61. The first kappa shape index (κ1) is 16.3. The van der Waals surface area contributed by atoms with E-state index >= 15 is 0 Å². The minimum atomic E-state index is 0.252. The molecule has 0 amide bonds. The number of carbonyl (C=O) groups excluding carboxylic acids is 1. The zero-order valence-corrected chi connectivity index (χ0v) is 14.7. The van der Waals surface area contributed by atoms with Gasteiger partial charge < -0.3 is 0 Å². The molecule has 3 rings (SSSR count). The summed E-state index contributed by atoms with van der Waals surface area (Å²) in [5, 5.41) is 5.46. The zero-order valence-electron chi connectivity index (χ0n) is 14.0. The minimum absolute atomic E-state index is 0.252. The molecule has 0 saturated heterocycles. The van der Waals surface area contributed by atoms with Crippen LogP contribution in [0.3, 0.4) is 0 Å². The number of rotatable bonds is 4. The summed E-state index contributed by atoms with van der Waals surface area (Å²) >= 11 is 6.15. The van der Waals surface area contributed by atoms with Gasteiger partial charge in [-0.3, -0.25) is 4.79 Å². The lowest BCUT2D eigenvalue weighted by Crippen LogP contribution is -2.25. The fourth-order valence-electron chi connectivity index (χ4n) is 3.38. The number of carbonyl (C=O) groups is 1. The summed E-state index contributed by atoms with van der Waals surface area (Å²) < 4.78 is 1.94. The molecule has 1 aromatic heterocycles. The molecule has 2 aromatic rings. The van der Waals surface area contributed by atoms with Crippen molar-refractivity contribution in [1.82, 2.24) is 9.78 Å². The van der Waals surface area contributed by atoms with Crippen LogP contribution in [0.4, 0.5) is 0 Å². The van der Waals surface area contributed by atoms with Crippen LogP contribution < -0.4 is 0 Å². The van der Waals surface area contributed by atoms with Crippen LogP contribution in [0.1, 0.15) is 55.4 Å². The average Bonchev–Trinajstić information content (AvgIpc) is 2.87. The average molecular weight is 331 g/mol. The number of aromatic nitrogens is 2. The molecule has 1 unspecified atom stereocenters. The zero-order chi connectivity index (χ0) is 16.6. The monoisotopic (exact) mass is 330 g/mol. The van der Waals surface area contributed by atoms with Gasteiger partial charge >= 0.3 is 0 Å². The maximum Gasteiger partial charge on any atom is 0.166 e. The Bertz CT molecular complexity index is 733. The fourth-order valence-corrected chi connectivity index (χ4v) is 3.56. The van der Waals surface area contributed by atoms with E-state index in [4.69, 9.17) is 16.7 Å². The standard InChI is InChI=1S/C19H23ClN2O/c1-4-6-16-19-17(9-13(12(2)3)10-18(19)23)22(21-16)15-8-5-7-14(20)11-15/h5,7-8,11-13H,4,6,9-10H2,1-3H3. The van der Waals surface area contributed by atoms with Gasteiger partial charge in [-0.1, -0.05) is 44.9 Å². The molecule has 23 heavy (non-hydrogen) atoms. The van der Waals surface area contributed by atoms with Crippen LogP contribution in [0, 0.1) is 11.8 Å². The van der Waals surface area contributed by atoms with E-state index in [0.29, 0.717) is 23.3 Å². The van der Waals surface area contributed by atoms with E-state index in [-0.39, 0.29) is 5.78 Å². The molecule has 1 aromatic carbocycles.